The lowest BCUT2D eigenvalue weighted by Gasteiger charge is -2.32. The van der Waals surface area contributed by atoms with Gasteiger partial charge in [-0.2, -0.15) is 0 Å². The van der Waals surface area contributed by atoms with Crippen molar-refractivity contribution in [3.63, 3.8) is 0 Å². The Labute approximate surface area is 225 Å². The zero-order valence-electron chi connectivity index (χ0n) is 22.6. The number of aliphatic hydroxyl groups excluding tert-OH is 1. The predicted octanol–water partition coefficient (Wildman–Crippen LogP) is 7.57. The molecule has 2 aliphatic rings. The lowest BCUT2D eigenvalue weighted by molar-refractivity contribution is -0.146. The number of hydrogen-bond acceptors (Lipinski definition) is 5. The van der Waals surface area contributed by atoms with E-state index in [1.54, 1.807) is 48.5 Å². The van der Waals surface area contributed by atoms with Crippen molar-refractivity contribution < 1.29 is 24.2 Å². The van der Waals surface area contributed by atoms with Crippen LogP contribution in [0.2, 0.25) is 0 Å². The zero-order valence-corrected chi connectivity index (χ0v) is 22.6. The molecule has 0 fully saturated rings. The fraction of sp³-hybridized carbons (Fsp3) is 0.333. The average Bonchev–Trinajstić information content (AvgIpc) is 3.18. The van der Waals surface area contributed by atoms with E-state index in [2.05, 4.69) is 45.9 Å². The molecule has 2 unspecified atom stereocenters. The molecule has 0 saturated carbocycles. The van der Waals surface area contributed by atoms with Gasteiger partial charge < -0.3 is 14.6 Å². The van der Waals surface area contributed by atoms with E-state index in [0.717, 1.165) is 19.3 Å². The Morgan fingerprint density at radius 1 is 1.03 bits per heavy atom. The minimum absolute atomic E-state index is 0.0229. The van der Waals surface area contributed by atoms with E-state index in [0.29, 0.717) is 23.5 Å². The van der Waals surface area contributed by atoms with Crippen molar-refractivity contribution in [2.75, 3.05) is 0 Å². The number of aliphatic hydroxyl groups is 1. The third kappa shape index (κ3) is 6.16. The highest BCUT2D eigenvalue weighted by molar-refractivity contribution is 6.25. The van der Waals surface area contributed by atoms with Gasteiger partial charge in [-0.25, -0.2) is 9.59 Å². The Kier molecular flexibility index (Phi) is 8.35. The van der Waals surface area contributed by atoms with Gasteiger partial charge in [-0.3, -0.25) is 0 Å². The van der Waals surface area contributed by atoms with Gasteiger partial charge in [0, 0.05) is 5.41 Å². The molecule has 0 aromatic heterocycles. The van der Waals surface area contributed by atoms with Crippen LogP contribution in [-0.2, 0) is 19.1 Å². The highest BCUT2D eigenvalue weighted by atomic mass is 16.6. The molecular weight excluding hydrogens is 476 g/mol. The lowest BCUT2D eigenvalue weighted by Crippen LogP contribution is -2.33. The largest absolute Gasteiger partial charge is 0.504 e. The first-order chi connectivity index (χ1) is 18.2. The smallest absolute Gasteiger partial charge is 0.348 e. The third-order valence-corrected chi connectivity index (χ3v) is 7.26. The molecule has 1 aliphatic carbocycles. The SMILES string of the molecule is CC1=CCCC(C)C=CC(C)(C)C(OC(=O)C(=C2OC(=O)C(c3ccccc3)=C2O)c2ccccc2)CC1. The van der Waals surface area contributed by atoms with Crippen LogP contribution in [-0.4, -0.2) is 23.1 Å². The minimum atomic E-state index is -0.710. The number of hydrogen-bond donors (Lipinski definition) is 1. The van der Waals surface area contributed by atoms with Crippen molar-refractivity contribution in [2.45, 2.75) is 59.5 Å². The number of ether oxygens (including phenoxy) is 2. The van der Waals surface area contributed by atoms with E-state index in [1.807, 2.05) is 12.1 Å². The molecule has 0 bridgehead atoms. The molecule has 1 heterocycles. The normalized spacial score (nSPS) is 23.3. The molecule has 1 aliphatic heterocycles. The quantitative estimate of drug-likeness (QED) is 0.260. The summed E-state index contributed by atoms with van der Waals surface area (Å²) >= 11 is 0. The number of cyclic esters (lactones) is 1. The second kappa shape index (κ2) is 11.7. The van der Waals surface area contributed by atoms with E-state index in [9.17, 15) is 14.7 Å². The molecule has 2 aromatic rings. The topological polar surface area (TPSA) is 72.8 Å². The van der Waals surface area contributed by atoms with Gasteiger partial charge in [0.15, 0.2) is 11.5 Å². The summed E-state index contributed by atoms with van der Waals surface area (Å²) in [6.07, 6.45) is 9.72. The van der Waals surface area contributed by atoms with Crippen LogP contribution >= 0.6 is 0 Å². The van der Waals surface area contributed by atoms with Gasteiger partial charge in [-0.1, -0.05) is 105 Å². The van der Waals surface area contributed by atoms with Crippen LogP contribution in [0.25, 0.3) is 11.1 Å². The molecule has 198 valence electrons. The number of rotatable bonds is 4. The van der Waals surface area contributed by atoms with Gasteiger partial charge in [0.2, 0.25) is 0 Å². The monoisotopic (exact) mass is 512 g/mol. The first-order valence-corrected chi connectivity index (χ1v) is 13.2. The van der Waals surface area contributed by atoms with Crippen molar-refractivity contribution >= 4 is 23.1 Å². The van der Waals surface area contributed by atoms with Gasteiger partial charge in [-0.15, -0.1) is 0 Å². The molecule has 5 heteroatoms. The molecule has 0 saturated heterocycles. The van der Waals surface area contributed by atoms with E-state index >= 15 is 0 Å². The predicted molar refractivity (Wildman–Crippen MR) is 150 cm³/mol. The molecule has 2 atom stereocenters. The van der Waals surface area contributed by atoms with Crippen LogP contribution in [0.4, 0.5) is 0 Å². The maximum Gasteiger partial charge on any atom is 0.348 e. The summed E-state index contributed by atoms with van der Waals surface area (Å²) in [4.78, 5) is 26.8. The number of carbonyl (C=O) groups is 2. The van der Waals surface area contributed by atoms with Gasteiger partial charge in [-0.05, 0) is 49.7 Å². The molecule has 5 nitrogen and oxygen atoms in total. The summed E-state index contributed by atoms with van der Waals surface area (Å²) in [5.41, 5.74) is 1.90. The zero-order chi connectivity index (χ0) is 27.3. The van der Waals surface area contributed by atoms with Crippen LogP contribution in [0.3, 0.4) is 0 Å². The van der Waals surface area contributed by atoms with Gasteiger partial charge in [0.25, 0.3) is 0 Å². The van der Waals surface area contributed by atoms with Gasteiger partial charge in [0.05, 0.1) is 0 Å². The molecule has 2 aromatic carbocycles. The van der Waals surface area contributed by atoms with E-state index in [1.165, 1.54) is 5.57 Å². The van der Waals surface area contributed by atoms with Crippen LogP contribution in [0.15, 0.2) is 96.0 Å². The summed E-state index contributed by atoms with van der Waals surface area (Å²) in [6.45, 7) is 8.45. The Hall–Kier alpha value is -3.86. The van der Waals surface area contributed by atoms with Crippen molar-refractivity contribution in [2.24, 2.45) is 11.3 Å². The first kappa shape index (κ1) is 27.2. The van der Waals surface area contributed by atoms with E-state index < -0.39 is 23.5 Å². The third-order valence-electron chi connectivity index (χ3n) is 7.26. The number of carbonyl (C=O) groups excluding carboxylic acids is 2. The van der Waals surface area contributed by atoms with E-state index in [4.69, 9.17) is 9.47 Å². The van der Waals surface area contributed by atoms with Gasteiger partial charge >= 0.3 is 11.9 Å². The molecule has 4 rings (SSSR count). The van der Waals surface area contributed by atoms with Crippen molar-refractivity contribution in [1.29, 1.82) is 0 Å². The Morgan fingerprint density at radius 2 is 1.68 bits per heavy atom. The van der Waals surface area contributed by atoms with Crippen molar-refractivity contribution in [3.05, 3.63) is 107 Å². The summed E-state index contributed by atoms with van der Waals surface area (Å²) in [5, 5.41) is 11.2. The number of esters is 2. The van der Waals surface area contributed by atoms with Crippen LogP contribution in [0.1, 0.15) is 64.5 Å². The summed E-state index contributed by atoms with van der Waals surface area (Å²) in [7, 11) is 0. The fourth-order valence-corrected chi connectivity index (χ4v) is 4.82. The molecule has 0 radical (unpaired) electrons. The van der Waals surface area contributed by atoms with E-state index in [-0.39, 0.29) is 22.7 Å². The van der Waals surface area contributed by atoms with Gasteiger partial charge in [0.1, 0.15) is 17.3 Å². The highest BCUT2D eigenvalue weighted by Gasteiger charge is 2.38. The van der Waals surface area contributed by atoms with Crippen LogP contribution in [0.5, 0.6) is 0 Å². The lowest BCUT2D eigenvalue weighted by atomic mass is 9.82. The standard InChI is InChI=1S/C33H36O5/c1-22-12-11-13-23(2)20-21-33(3,4)26(19-18-22)37-32(36)28(25-16-9-6-10-17-25)30-29(34)27(31(35)38-30)24-14-7-5-8-15-24/h5-10,12,14-17,20-21,23,26,34H,11,13,18-19H2,1-4H3. The minimum Gasteiger partial charge on any atom is -0.504 e. The molecule has 0 spiro atoms. The molecular formula is C33H36O5. The summed E-state index contributed by atoms with van der Waals surface area (Å²) in [6, 6.07) is 17.7. The number of allylic oxidation sites excluding steroid dienone is 3. The Bertz CT molecular complexity index is 1300. The number of benzene rings is 2. The fourth-order valence-electron chi connectivity index (χ4n) is 4.82. The van der Waals surface area contributed by atoms with Crippen molar-refractivity contribution in [1.82, 2.24) is 0 Å². The highest BCUT2D eigenvalue weighted by Crippen LogP contribution is 2.38. The molecule has 0 amide bonds. The summed E-state index contributed by atoms with van der Waals surface area (Å²) in [5.74, 6) is -1.49. The Morgan fingerprint density at radius 3 is 2.37 bits per heavy atom. The maximum absolute atomic E-state index is 13.9. The van der Waals surface area contributed by atoms with Crippen LogP contribution in [0, 0.1) is 11.3 Å². The molecule has 1 N–H and O–H groups in total. The second-order valence-corrected chi connectivity index (χ2v) is 10.8. The van der Waals surface area contributed by atoms with Crippen molar-refractivity contribution in [3.8, 4) is 0 Å². The second-order valence-electron chi connectivity index (χ2n) is 10.8. The average molecular weight is 513 g/mol. The maximum atomic E-state index is 13.9. The Balaban J connectivity index is 1.76. The first-order valence-electron chi connectivity index (χ1n) is 13.2. The summed E-state index contributed by atoms with van der Waals surface area (Å²) < 4.78 is 11.8. The molecule has 38 heavy (non-hydrogen) atoms. The van der Waals surface area contributed by atoms with Crippen LogP contribution < -0.4 is 0 Å².